The average molecular weight is 509 g/mol. The molecule has 2 aliphatic heterocycles. The number of rotatable bonds is 5. The van der Waals surface area contributed by atoms with E-state index >= 15 is 0 Å². The van der Waals surface area contributed by atoms with Gasteiger partial charge in [-0.3, -0.25) is 4.99 Å². The third kappa shape index (κ3) is 8.71. The fourth-order valence-electron chi connectivity index (χ4n) is 3.67. The van der Waals surface area contributed by atoms with E-state index in [9.17, 15) is 4.79 Å². The molecule has 0 aromatic carbocycles. The second kappa shape index (κ2) is 11.4. The number of hydrogen-bond donors (Lipinski definition) is 2. The summed E-state index contributed by atoms with van der Waals surface area (Å²) in [5.41, 5.74) is -0.448. The van der Waals surface area contributed by atoms with Gasteiger partial charge < -0.3 is 25.2 Å². The van der Waals surface area contributed by atoms with Crippen LogP contribution in [0.1, 0.15) is 47.5 Å². The number of hydrogen-bond acceptors (Lipinski definition) is 4. The summed E-state index contributed by atoms with van der Waals surface area (Å²) in [6, 6.07) is 0.229. The summed E-state index contributed by atoms with van der Waals surface area (Å²) in [5, 5.41) is 6.88. The van der Waals surface area contributed by atoms with Crippen LogP contribution in [0, 0.1) is 11.8 Å². The zero-order chi connectivity index (χ0) is 20.0. The Labute approximate surface area is 188 Å². The third-order valence-corrected chi connectivity index (χ3v) is 4.88. The molecule has 0 bridgehead atoms. The van der Waals surface area contributed by atoms with Gasteiger partial charge in [0.1, 0.15) is 5.60 Å². The second-order valence-electron chi connectivity index (χ2n) is 9.34. The van der Waals surface area contributed by atoms with Gasteiger partial charge in [0.05, 0.1) is 6.04 Å². The zero-order valence-corrected chi connectivity index (χ0v) is 20.8. The Kier molecular flexibility index (Phi) is 10.3. The molecular formula is C20H40IN5O2. The minimum atomic E-state index is -0.448. The lowest BCUT2D eigenvalue weighted by atomic mass is 9.97. The minimum Gasteiger partial charge on any atom is -0.444 e. The highest BCUT2D eigenvalue weighted by Gasteiger charge is 2.34. The van der Waals surface area contributed by atoms with Crippen molar-refractivity contribution in [1.29, 1.82) is 0 Å². The Morgan fingerprint density at radius 1 is 1.25 bits per heavy atom. The summed E-state index contributed by atoms with van der Waals surface area (Å²) >= 11 is 0. The largest absolute Gasteiger partial charge is 0.444 e. The SMILES string of the molecule is CN=C(NCC1CCCN(CC(C)C)C1)NC1CN(C(=O)OC(C)(C)C)C1.I. The minimum absolute atomic E-state index is 0. The molecule has 2 fully saturated rings. The second-order valence-corrected chi connectivity index (χ2v) is 9.34. The number of amides is 1. The molecule has 0 spiro atoms. The summed E-state index contributed by atoms with van der Waals surface area (Å²) < 4.78 is 5.39. The van der Waals surface area contributed by atoms with Gasteiger partial charge in [-0.25, -0.2) is 4.79 Å². The van der Waals surface area contributed by atoms with Crippen LogP contribution in [0.3, 0.4) is 0 Å². The Morgan fingerprint density at radius 3 is 2.50 bits per heavy atom. The van der Waals surface area contributed by atoms with Crippen LogP contribution < -0.4 is 10.6 Å². The molecule has 0 aromatic rings. The molecule has 8 heteroatoms. The lowest BCUT2D eigenvalue weighted by Gasteiger charge is -2.40. The third-order valence-electron chi connectivity index (χ3n) is 4.88. The van der Waals surface area contributed by atoms with E-state index in [1.54, 1.807) is 11.9 Å². The lowest BCUT2D eigenvalue weighted by Crippen LogP contribution is -2.63. The van der Waals surface area contributed by atoms with E-state index < -0.39 is 5.60 Å². The number of piperidine rings is 1. The Morgan fingerprint density at radius 2 is 1.93 bits per heavy atom. The number of ether oxygens (including phenoxy) is 1. The quantitative estimate of drug-likeness (QED) is 0.339. The van der Waals surface area contributed by atoms with Crippen molar-refractivity contribution in [1.82, 2.24) is 20.4 Å². The van der Waals surface area contributed by atoms with E-state index in [-0.39, 0.29) is 36.1 Å². The van der Waals surface area contributed by atoms with Crippen molar-refractivity contribution in [3.05, 3.63) is 0 Å². The maximum atomic E-state index is 12.0. The topological polar surface area (TPSA) is 69.2 Å². The molecule has 1 unspecified atom stereocenters. The van der Waals surface area contributed by atoms with E-state index in [1.165, 1.54) is 25.9 Å². The van der Waals surface area contributed by atoms with Crippen molar-refractivity contribution in [2.24, 2.45) is 16.8 Å². The molecule has 2 rings (SSSR count). The first kappa shape index (κ1) is 25.3. The van der Waals surface area contributed by atoms with Gasteiger partial charge in [0.25, 0.3) is 0 Å². The first-order valence-electron chi connectivity index (χ1n) is 10.3. The Hall–Kier alpha value is -0.770. The van der Waals surface area contributed by atoms with Gasteiger partial charge in [-0.15, -0.1) is 24.0 Å². The maximum Gasteiger partial charge on any atom is 0.410 e. The lowest BCUT2D eigenvalue weighted by molar-refractivity contribution is 0.00700. The van der Waals surface area contributed by atoms with Crippen LogP contribution in [0.25, 0.3) is 0 Å². The van der Waals surface area contributed by atoms with Crippen molar-refractivity contribution in [2.45, 2.75) is 59.1 Å². The van der Waals surface area contributed by atoms with Crippen LogP contribution >= 0.6 is 24.0 Å². The molecule has 0 saturated carbocycles. The summed E-state index contributed by atoms with van der Waals surface area (Å²) in [4.78, 5) is 20.7. The summed E-state index contributed by atoms with van der Waals surface area (Å²) in [5.74, 6) is 2.21. The van der Waals surface area contributed by atoms with E-state index in [0.717, 1.165) is 25.0 Å². The van der Waals surface area contributed by atoms with Crippen LogP contribution in [0.5, 0.6) is 0 Å². The highest BCUT2D eigenvalue weighted by Crippen LogP contribution is 2.17. The van der Waals surface area contributed by atoms with Gasteiger partial charge in [0.2, 0.25) is 0 Å². The molecule has 1 amide bonds. The maximum absolute atomic E-state index is 12.0. The Balaban J connectivity index is 0.00000392. The van der Waals surface area contributed by atoms with Crippen molar-refractivity contribution >= 4 is 36.0 Å². The van der Waals surface area contributed by atoms with Crippen LogP contribution in [0.2, 0.25) is 0 Å². The van der Waals surface area contributed by atoms with Gasteiger partial charge in [-0.05, 0) is 52.0 Å². The zero-order valence-electron chi connectivity index (χ0n) is 18.5. The Bertz CT molecular complexity index is 515. The molecule has 2 heterocycles. The van der Waals surface area contributed by atoms with Gasteiger partial charge in [0.15, 0.2) is 5.96 Å². The molecule has 0 radical (unpaired) electrons. The first-order valence-corrected chi connectivity index (χ1v) is 10.3. The van der Waals surface area contributed by atoms with Crippen molar-refractivity contribution in [3.8, 4) is 0 Å². The highest BCUT2D eigenvalue weighted by molar-refractivity contribution is 14.0. The van der Waals surface area contributed by atoms with Crippen LogP contribution in [-0.4, -0.2) is 79.8 Å². The van der Waals surface area contributed by atoms with Crippen LogP contribution in [0.15, 0.2) is 4.99 Å². The number of nitrogens with zero attached hydrogens (tertiary/aromatic N) is 3. The highest BCUT2D eigenvalue weighted by atomic mass is 127. The van der Waals surface area contributed by atoms with E-state index in [1.807, 2.05) is 20.8 Å². The van der Waals surface area contributed by atoms with Gasteiger partial charge in [-0.1, -0.05) is 13.8 Å². The van der Waals surface area contributed by atoms with E-state index in [0.29, 0.717) is 19.0 Å². The van der Waals surface area contributed by atoms with E-state index in [4.69, 9.17) is 4.74 Å². The predicted molar refractivity (Wildman–Crippen MR) is 126 cm³/mol. The number of guanidine groups is 1. The molecule has 1 atom stereocenters. The van der Waals surface area contributed by atoms with Gasteiger partial charge in [-0.2, -0.15) is 0 Å². The number of halogens is 1. The molecule has 2 N–H and O–H groups in total. The summed E-state index contributed by atoms with van der Waals surface area (Å²) in [6.07, 6.45) is 2.31. The van der Waals surface area contributed by atoms with Crippen molar-refractivity contribution in [3.63, 3.8) is 0 Å². The average Bonchev–Trinajstić information content (AvgIpc) is 2.51. The van der Waals surface area contributed by atoms with Gasteiger partial charge in [0, 0.05) is 39.8 Å². The summed E-state index contributed by atoms with van der Waals surface area (Å²) in [7, 11) is 1.80. The number of likely N-dealkylation sites (tertiary alicyclic amines) is 2. The fraction of sp³-hybridized carbons (Fsp3) is 0.900. The number of carbonyl (C=O) groups excluding carboxylic acids is 1. The van der Waals surface area contributed by atoms with Crippen molar-refractivity contribution in [2.75, 3.05) is 46.3 Å². The molecule has 7 nitrogen and oxygen atoms in total. The van der Waals surface area contributed by atoms with Crippen LogP contribution in [-0.2, 0) is 4.74 Å². The molecular weight excluding hydrogens is 469 g/mol. The molecule has 2 saturated heterocycles. The predicted octanol–water partition coefficient (Wildman–Crippen LogP) is 2.76. The van der Waals surface area contributed by atoms with Crippen LogP contribution in [0.4, 0.5) is 4.79 Å². The monoisotopic (exact) mass is 509 g/mol. The number of aliphatic imine (C=N–C) groups is 1. The molecule has 0 aliphatic carbocycles. The summed E-state index contributed by atoms with van der Waals surface area (Å²) in [6.45, 7) is 16.1. The molecule has 164 valence electrons. The molecule has 28 heavy (non-hydrogen) atoms. The van der Waals surface area contributed by atoms with Gasteiger partial charge >= 0.3 is 6.09 Å². The number of carbonyl (C=O) groups is 1. The smallest absolute Gasteiger partial charge is 0.410 e. The standard InChI is InChI=1S/C20H39N5O2.HI/c1-15(2)11-24-9-7-8-16(12-24)10-22-18(21-6)23-17-13-25(14-17)19(26)27-20(3,4)5;/h15-17H,7-14H2,1-6H3,(H2,21,22,23);1H. The van der Waals surface area contributed by atoms with E-state index in [2.05, 4.69) is 34.4 Å². The normalized spacial score (nSPS) is 21.8. The van der Waals surface area contributed by atoms with Crippen molar-refractivity contribution < 1.29 is 9.53 Å². The first-order chi connectivity index (χ1) is 12.7. The molecule has 0 aromatic heterocycles. The number of nitrogens with one attached hydrogen (secondary N) is 2. The fourth-order valence-corrected chi connectivity index (χ4v) is 3.67. The molecule has 2 aliphatic rings.